The van der Waals surface area contributed by atoms with Crippen molar-refractivity contribution in [2.45, 2.75) is 58.0 Å². The van der Waals surface area contributed by atoms with E-state index in [1.165, 1.54) is 0 Å². The van der Waals surface area contributed by atoms with Crippen LogP contribution in [0.2, 0.25) is 0 Å². The molecule has 104 valence electrons. The summed E-state index contributed by atoms with van der Waals surface area (Å²) in [6, 6.07) is 0.241. The quantitative estimate of drug-likeness (QED) is 0.801. The molecule has 1 saturated carbocycles. The monoisotopic (exact) mass is 254 g/mol. The Morgan fingerprint density at radius 1 is 1.39 bits per heavy atom. The maximum Gasteiger partial charge on any atom is 0.227 e. The minimum absolute atomic E-state index is 0.0133. The van der Waals surface area contributed by atoms with E-state index in [1.807, 2.05) is 6.92 Å². The van der Waals surface area contributed by atoms with Crippen LogP contribution in [0.15, 0.2) is 0 Å². The molecule has 0 radical (unpaired) electrons. The van der Waals surface area contributed by atoms with E-state index < -0.39 is 0 Å². The van der Waals surface area contributed by atoms with Gasteiger partial charge in [0.25, 0.3) is 0 Å². The molecule has 3 N–H and O–H groups in total. The van der Waals surface area contributed by atoms with Crippen molar-refractivity contribution in [1.82, 2.24) is 5.32 Å². The molecule has 1 saturated heterocycles. The van der Waals surface area contributed by atoms with E-state index in [4.69, 9.17) is 10.5 Å². The Kier molecular flexibility index (Phi) is 4.28. The lowest BCUT2D eigenvalue weighted by atomic mass is 9.83. The summed E-state index contributed by atoms with van der Waals surface area (Å²) in [5.41, 5.74) is 5.73. The van der Waals surface area contributed by atoms with E-state index in [0.717, 1.165) is 45.3 Å². The van der Waals surface area contributed by atoms with E-state index in [9.17, 15) is 4.79 Å². The van der Waals surface area contributed by atoms with Gasteiger partial charge in [0, 0.05) is 25.3 Å². The lowest BCUT2D eigenvalue weighted by Gasteiger charge is -2.33. The Morgan fingerprint density at radius 3 is 2.61 bits per heavy atom. The number of rotatable bonds is 3. The number of nitrogens with one attached hydrogen (secondary N) is 1. The van der Waals surface area contributed by atoms with E-state index in [-0.39, 0.29) is 23.4 Å². The first-order valence-electron chi connectivity index (χ1n) is 7.18. The lowest BCUT2D eigenvalue weighted by Crippen LogP contribution is -2.51. The van der Waals surface area contributed by atoms with Crippen LogP contribution in [0.25, 0.3) is 0 Å². The molecule has 3 unspecified atom stereocenters. The second kappa shape index (κ2) is 5.57. The highest BCUT2D eigenvalue weighted by Crippen LogP contribution is 2.37. The van der Waals surface area contributed by atoms with Crippen LogP contribution in [-0.4, -0.2) is 31.2 Å². The summed E-state index contributed by atoms with van der Waals surface area (Å²) in [6.07, 6.45) is 5.04. The minimum Gasteiger partial charge on any atom is -0.381 e. The Bertz CT molecular complexity index is 302. The molecule has 4 nitrogen and oxygen atoms in total. The second-order valence-corrected chi connectivity index (χ2v) is 6.13. The number of ether oxygens (including phenoxy) is 1. The number of amides is 1. The number of nitrogens with two attached hydrogens (primary N) is 1. The molecule has 18 heavy (non-hydrogen) atoms. The Labute approximate surface area is 110 Å². The smallest absolute Gasteiger partial charge is 0.227 e. The van der Waals surface area contributed by atoms with Crippen molar-refractivity contribution < 1.29 is 9.53 Å². The summed E-state index contributed by atoms with van der Waals surface area (Å²) in [5, 5.41) is 3.19. The molecule has 1 aliphatic carbocycles. The summed E-state index contributed by atoms with van der Waals surface area (Å²) in [7, 11) is 0. The van der Waals surface area contributed by atoms with Gasteiger partial charge >= 0.3 is 0 Å². The number of carbonyl (C=O) groups is 1. The molecule has 4 heteroatoms. The van der Waals surface area contributed by atoms with E-state index in [0.29, 0.717) is 5.92 Å². The highest BCUT2D eigenvalue weighted by Gasteiger charge is 2.43. The normalized spacial score (nSPS) is 35.4. The third-order valence-corrected chi connectivity index (χ3v) is 4.88. The molecule has 0 aromatic rings. The predicted molar refractivity (Wildman–Crippen MR) is 71.1 cm³/mol. The van der Waals surface area contributed by atoms with Crippen molar-refractivity contribution in [2.24, 2.45) is 17.1 Å². The third-order valence-electron chi connectivity index (χ3n) is 4.88. The zero-order valence-corrected chi connectivity index (χ0v) is 11.6. The van der Waals surface area contributed by atoms with Crippen molar-refractivity contribution >= 4 is 5.91 Å². The van der Waals surface area contributed by atoms with Crippen molar-refractivity contribution in [2.75, 3.05) is 13.2 Å². The molecule has 1 amide bonds. The van der Waals surface area contributed by atoms with E-state index in [1.54, 1.807) is 0 Å². The SMILES string of the molecule is CC(NC(=O)C1(C)CCCC1N)C1CCOCC1. The molecule has 2 rings (SSSR count). The molecule has 0 aromatic carbocycles. The molecule has 1 heterocycles. The third kappa shape index (κ3) is 2.69. The van der Waals surface area contributed by atoms with Crippen LogP contribution in [0.5, 0.6) is 0 Å². The van der Waals surface area contributed by atoms with Gasteiger partial charge in [-0.2, -0.15) is 0 Å². The van der Waals surface area contributed by atoms with Gasteiger partial charge in [-0.05, 0) is 45.4 Å². The first-order valence-corrected chi connectivity index (χ1v) is 7.18. The van der Waals surface area contributed by atoms with Gasteiger partial charge in [-0.25, -0.2) is 0 Å². The number of hydrogen-bond donors (Lipinski definition) is 2. The van der Waals surface area contributed by atoms with Crippen LogP contribution in [0.4, 0.5) is 0 Å². The molecule has 0 bridgehead atoms. The van der Waals surface area contributed by atoms with Crippen LogP contribution >= 0.6 is 0 Å². The zero-order chi connectivity index (χ0) is 13.2. The maximum atomic E-state index is 12.4. The van der Waals surface area contributed by atoms with Crippen molar-refractivity contribution in [3.05, 3.63) is 0 Å². The largest absolute Gasteiger partial charge is 0.381 e. The maximum absolute atomic E-state index is 12.4. The van der Waals surface area contributed by atoms with Gasteiger partial charge in [0.15, 0.2) is 0 Å². The molecule has 0 aromatic heterocycles. The van der Waals surface area contributed by atoms with Gasteiger partial charge in [-0.3, -0.25) is 4.79 Å². The second-order valence-electron chi connectivity index (χ2n) is 6.13. The first-order chi connectivity index (χ1) is 8.54. The highest BCUT2D eigenvalue weighted by atomic mass is 16.5. The van der Waals surface area contributed by atoms with Crippen molar-refractivity contribution in [3.8, 4) is 0 Å². The van der Waals surface area contributed by atoms with Crippen molar-refractivity contribution in [1.29, 1.82) is 0 Å². The lowest BCUT2D eigenvalue weighted by molar-refractivity contribution is -0.131. The van der Waals surface area contributed by atoms with Gasteiger partial charge in [0.2, 0.25) is 5.91 Å². The Morgan fingerprint density at radius 2 is 2.06 bits per heavy atom. The minimum atomic E-state index is -0.362. The molecular weight excluding hydrogens is 228 g/mol. The predicted octanol–water partition coefficient (Wildman–Crippen LogP) is 1.44. The van der Waals surface area contributed by atoms with E-state index in [2.05, 4.69) is 12.2 Å². The number of carbonyl (C=O) groups excluding carboxylic acids is 1. The molecular formula is C14H26N2O2. The fourth-order valence-corrected chi connectivity index (χ4v) is 3.18. The molecule has 2 fully saturated rings. The molecule has 3 atom stereocenters. The summed E-state index contributed by atoms with van der Waals surface area (Å²) < 4.78 is 5.36. The molecule has 0 spiro atoms. The van der Waals surface area contributed by atoms with Crippen LogP contribution in [0.3, 0.4) is 0 Å². The fraction of sp³-hybridized carbons (Fsp3) is 0.929. The molecule has 2 aliphatic rings. The van der Waals surface area contributed by atoms with Gasteiger partial charge in [0.1, 0.15) is 0 Å². The van der Waals surface area contributed by atoms with Gasteiger partial charge in [-0.1, -0.05) is 6.42 Å². The highest BCUT2D eigenvalue weighted by molar-refractivity contribution is 5.83. The summed E-state index contributed by atoms with van der Waals surface area (Å²) in [5.74, 6) is 0.690. The van der Waals surface area contributed by atoms with E-state index >= 15 is 0 Å². The summed E-state index contributed by atoms with van der Waals surface area (Å²) >= 11 is 0. The summed E-state index contributed by atoms with van der Waals surface area (Å²) in [6.45, 7) is 5.76. The Hall–Kier alpha value is -0.610. The summed E-state index contributed by atoms with van der Waals surface area (Å²) in [4.78, 5) is 12.4. The van der Waals surface area contributed by atoms with Gasteiger partial charge in [0.05, 0.1) is 5.41 Å². The van der Waals surface area contributed by atoms with Crippen LogP contribution in [0, 0.1) is 11.3 Å². The van der Waals surface area contributed by atoms with Crippen LogP contribution < -0.4 is 11.1 Å². The first kappa shape index (κ1) is 13.8. The van der Waals surface area contributed by atoms with Crippen molar-refractivity contribution in [3.63, 3.8) is 0 Å². The number of hydrogen-bond acceptors (Lipinski definition) is 3. The standard InChI is InChI=1S/C14H26N2O2/c1-10(11-5-8-18-9-6-11)16-13(17)14(2)7-3-4-12(14)15/h10-12H,3-9,15H2,1-2H3,(H,16,17). The fourth-order valence-electron chi connectivity index (χ4n) is 3.18. The van der Waals surface area contributed by atoms with Crippen LogP contribution in [-0.2, 0) is 9.53 Å². The zero-order valence-electron chi connectivity index (χ0n) is 11.6. The van der Waals surface area contributed by atoms with Crippen LogP contribution in [0.1, 0.15) is 46.0 Å². The Balaban J connectivity index is 1.90. The average Bonchev–Trinajstić information content (AvgIpc) is 2.72. The topological polar surface area (TPSA) is 64.4 Å². The van der Waals surface area contributed by atoms with Gasteiger partial charge < -0.3 is 15.8 Å². The average molecular weight is 254 g/mol. The van der Waals surface area contributed by atoms with Gasteiger partial charge in [-0.15, -0.1) is 0 Å². The molecule has 1 aliphatic heterocycles.